The van der Waals surface area contributed by atoms with Crippen molar-refractivity contribution in [3.05, 3.63) is 12.7 Å². The quantitative estimate of drug-likeness (QED) is 0.421. The van der Waals surface area contributed by atoms with Gasteiger partial charge in [0.2, 0.25) is 5.91 Å². The number of amides is 1. The summed E-state index contributed by atoms with van der Waals surface area (Å²) in [5.74, 6) is 1.44. The van der Waals surface area contributed by atoms with Crippen molar-refractivity contribution >= 4 is 5.91 Å². The average molecular weight is 253 g/mol. The van der Waals surface area contributed by atoms with Crippen LogP contribution in [0, 0.1) is 11.8 Å². The van der Waals surface area contributed by atoms with E-state index in [2.05, 4.69) is 34.3 Å². The summed E-state index contributed by atoms with van der Waals surface area (Å²) < 4.78 is 0. The lowest BCUT2D eigenvalue weighted by Gasteiger charge is -2.23. The third-order valence-corrected chi connectivity index (χ3v) is 3.13. The Morgan fingerprint density at radius 2 is 1.94 bits per heavy atom. The Morgan fingerprint density at radius 1 is 1.28 bits per heavy atom. The second-order valence-corrected chi connectivity index (χ2v) is 5.77. The molecule has 0 aromatic carbocycles. The largest absolute Gasteiger partial charge is 0.339 e. The van der Waals surface area contributed by atoms with E-state index < -0.39 is 0 Å². The summed E-state index contributed by atoms with van der Waals surface area (Å²) in [6, 6.07) is 0. The molecule has 0 rings (SSSR count). The third-order valence-electron chi connectivity index (χ3n) is 3.13. The highest BCUT2D eigenvalue weighted by Crippen LogP contribution is 2.16. The van der Waals surface area contributed by atoms with Gasteiger partial charge in [0, 0.05) is 19.5 Å². The summed E-state index contributed by atoms with van der Waals surface area (Å²) >= 11 is 0. The van der Waals surface area contributed by atoms with E-state index in [9.17, 15) is 4.79 Å². The van der Waals surface area contributed by atoms with E-state index in [-0.39, 0.29) is 0 Å². The maximum absolute atomic E-state index is 12.2. The molecule has 1 atom stereocenters. The molecule has 0 heterocycles. The summed E-state index contributed by atoms with van der Waals surface area (Å²) in [4.78, 5) is 14.2. The van der Waals surface area contributed by atoms with Gasteiger partial charge in [0.1, 0.15) is 0 Å². The second kappa shape index (κ2) is 10.2. The van der Waals surface area contributed by atoms with E-state index in [0.717, 1.165) is 19.4 Å². The first-order valence-electron chi connectivity index (χ1n) is 7.39. The lowest BCUT2D eigenvalue weighted by Crippen LogP contribution is -2.33. The van der Waals surface area contributed by atoms with E-state index in [1.165, 1.54) is 12.8 Å². The summed E-state index contributed by atoms with van der Waals surface area (Å²) in [5.41, 5.74) is 0. The minimum Gasteiger partial charge on any atom is -0.339 e. The molecule has 1 amide bonds. The van der Waals surface area contributed by atoms with Crippen LogP contribution in [0.5, 0.6) is 0 Å². The molecule has 0 aliphatic rings. The van der Waals surface area contributed by atoms with E-state index in [0.29, 0.717) is 30.7 Å². The first-order valence-corrected chi connectivity index (χ1v) is 7.39. The summed E-state index contributed by atoms with van der Waals surface area (Å²) in [6.07, 6.45) is 7.13. The Labute approximate surface area is 113 Å². The van der Waals surface area contributed by atoms with E-state index in [4.69, 9.17) is 0 Å². The van der Waals surface area contributed by atoms with Crippen LogP contribution in [0.15, 0.2) is 12.7 Å². The van der Waals surface area contributed by atoms with Gasteiger partial charge in [0.25, 0.3) is 0 Å². The molecule has 2 heteroatoms. The Balaban J connectivity index is 4.15. The Hall–Kier alpha value is -0.790. The van der Waals surface area contributed by atoms with Crippen LogP contribution in [0.25, 0.3) is 0 Å². The van der Waals surface area contributed by atoms with Gasteiger partial charge in [-0.3, -0.25) is 4.79 Å². The van der Waals surface area contributed by atoms with Crippen LogP contribution in [0.1, 0.15) is 59.8 Å². The lowest BCUT2D eigenvalue weighted by molar-refractivity contribution is -0.131. The maximum Gasteiger partial charge on any atom is 0.223 e. The fraction of sp³-hybridized carbons (Fsp3) is 0.812. The third kappa shape index (κ3) is 8.32. The first kappa shape index (κ1) is 17.2. The normalized spacial score (nSPS) is 12.5. The van der Waals surface area contributed by atoms with Crippen molar-refractivity contribution in [1.82, 2.24) is 4.90 Å². The van der Waals surface area contributed by atoms with Gasteiger partial charge in [0.05, 0.1) is 0 Å². The Bertz CT molecular complexity index is 235. The van der Waals surface area contributed by atoms with Crippen LogP contribution in [-0.4, -0.2) is 23.9 Å². The smallest absolute Gasteiger partial charge is 0.223 e. The predicted molar refractivity (Wildman–Crippen MR) is 79.5 cm³/mol. The molecular formula is C16H31NO. The van der Waals surface area contributed by atoms with Gasteiger partial charge in [-0.2, -0.15) is 0 Å². The zero-order valence-electron chi connectivity index (χ0n) is 12.7. The summed E-state index contributed by atoms with van der Waals surface area (Å²) in [5, 5.41) is 0. The van der Waals surface area contributed by atoms with Crippen molar-refractivity contribution in [2.75, 3.05) is 13.1 Å². The van der Waals surface area contributed by atoms with Gasteiger partial charge < -0.3 is 4.90 Å². The molecule has 0 aromatic rings. The molecule has 0 aliphatic carbocycles. The Kier molecular flexibility index (Phi) is 9.72. The highest BCUT2D eigenvalue weighted by molar-refractivity contribution is 5.76. The number of carbonyl (C=O) groups excluding carboxylic acids is 1. The van der Waals surface area contributed by atoms with Crippen LogP contribution >= 0.6 is 0 Å². The van der Waals surface area contributed by atoms with E-state index in [1.54, 1.807) is 0 Å². The van der Waals surface area contributed by atoms with Crippen molar-refractivity contribution < 1.29 is 4.79 Å². The zero-order valence-corrected chi connectivity index (χ0v) is 12.7. The number of hydrogen-bond donors (Lipinski definition) is 0. The molecule has 0 N–H and O–H groups in total. The minimum atomic E-state index is 0.291. The zero-order chi connectivity index (χ0) is 14.0. The molecule has 0 aliphatic heterocycles. The van der Waals surface area contributed by atoms with Crippen LogP contribution in [0.2, 0.25) is 0 Å². The monoisotopic (exact) mass is 253 g/mol. The van der Waals surface area contributed by atoms with Gasteiger partial charge in [-0.15, -0.1) is 6.58 Å². The van der Waals surface area contributed by atoms with Crippen LogP contribution in [0.3, 0.4) is 0 Å². The standard InChI is InChI=1S/C16H31NO/c1-6-8-9-11-17(10-7-2)16(18)13-15(5)12-14(3)4/h7,14-15H,2,6,8-13H2,1,3-5H3/t15-/m0/s1. The highest BCUT2D eigenvalue weighted by Gasteiger charge is 2.16. The van der Waals surface area contributed by atoms with Crippen LogP contribution in [-0.2, 0) is 4.79 Å². The number of carbonyl (C=O) groups is 1. The Morgan fingerprint density at radius 3 is 2.44 bits per heavy atom. The molecule has 0 bridgehead atoms. The topological polar surface area (TPSA) is 20.3 Å². The minimum absolute atomic E-state index is 0.291. The van der Waals surface area contributed by atoms with Crippen molar-refractivity contribution in [1.29, 1.82) is 0 Å². The van der Waals surface area contributed by atoms with Gasteiger partial charge in [0.15, 0.2) is 0 Å². The molecule has 106 valence electrons. The molecule has 0 unspecified atom stereocenters. The van der Waals surface area contributed by atoms with Crippen molar-refractivity contribution in [3.8, 4) is 0 Å². The fourth-order valence-electron chi connectivity index (χ4n) is 2.34. The average Bonchev–Trinajstić information content (AvgIpc) is 2.26. The molecule has 18 heavy (non-hydrogen) atoms. The van der Waals surface area contributed by atoms with E-state index >= 15 is 0 Å². The van der Waals surface area contributed by atoms with Crippen LogP contribution < -0.4 is 0 Å². The van der Waals surface area contributed by atoms with Crippen molar-refractivity contribution in [2.45, 2.75) is 59.8 Å². The van der Waals surface area contributed by atoms with Crippen molar-refractivity contribution in [2.24, 2.45) is 11.8 Å². The number of hydrogen-bond acceptors (Lipinski definition) is 1. The predicted octanol–water partition coefficient (Wildman–Crippen LogP) is 4.26. The summed E-state index contributed by atoms with van der Waals surface area (Å²) in [6.45, 7) is 14.1. The van der Waals surface area contributed by atoms with Crippen LogP contribution in [0.4, 0.5) is 0 Å². The maximum atomic E-state index is 12.2. The SMILES string of the molecule is C=CCN(CCCCC)C(=O)C[C@@H](C)CC(C)C. The molecule has 0 fully saturated rings. The fourth-order valence-corrected chi connectivity index (χ4v) is 2.34. The molecule has 0 saturated heterocycles. The molecule has 0 saturated carbocycles. The van der Waals surface area contributed by atoms with Gasteiger partial charge in [-0.25, -0.2) is 0 Å². The second-order valence-electron chi connectivity index (χ2n) is 5.77. The molecule has 0 spiro atoms. The van der Waals surface area contributed by atoms with Gasteiger partial charge in [-0.05, 0) is 24.7 Å². The van der Waals surface area contributed by atoms with E-state index in [1.807, 2.05) is 11.0 Å². The number of rotatable bonds is 10. The molecule has 2 nitrogen and oxygen atoms in total. The highest BCUT2D eigenvalue weighted by atomic mass is 16.2. The molecule has 0 radical (unpaired) electrons. The number of unbranched alkanes of at least 4 members (excludes halogenated alkanes) is 2. The number of nitrogens with zero attached hydrogens (tertiary/aromatic N) is 1. The molecule has 0 aromatic heterocycles. The first-order chi connectivity index (χ1) is 8.51. The van der Waals surface area contributed by atoms with Gasteiger partial charge >= 0.3 is 0 Å². The van der Waals surface area contributed by atoms with Gasteiger partial charge in [-0.1, -0.05) is 46.6 Å². The van der Waals surface area contributed by atoms with Crippen molar-refractivity contribution in [3.63, 3.8) is 0 Å². The molecular weight excluding hydrogens is 222 g/mol. The lowest BCUT2D eigenvalue weighted by atomic mass is 9.95. The summed E-state index contributed by atoms with van der Waals surface area (Å²) in [7, 11) is 0.